The van der Waals surface area contributed by atoms with Gasteiger partial charge in [0.2, 0.25) is 0 Å². The molecule has 1 aliphatic heterocycles. The average molecular weight is 513 g/mol. The molecule has 1 fully saturated rings. The van der Waals surface area contributed by atoms with Crippen molar-refractivity contribution in [3.8, 4) is 28.3 Å². The van der Waals surface area contributed by atoms with Crippen molar-refractivity contribution in [3.63, 3.8) is 0 Å². The molecule has 0 radical (unpaired) electrons. The molecule has 3 heterocycles. The van der Waals surface area contributed by atoms with Crippen molar-refractivity contribution in [2.24, 2.45) is 0 Å². The van der Waals surface area contributed by atoms with E-state index in [4.69, 9.17) is 21.0 Å². The van der Waals surface area contributed by atoms with E-state index in [-0.39, 0.29) is 22.8 Å². The lowest BCUT2D eigenvalue weighted by Crippen LogP contribution is -2.18. The maximum atomic E-state index is 14.8. The Morgan fingerprint density at radius 1 is 1.06 bits per heavy atom. The van der Waals surface area contributed by atoms with E-state index in [1.165, 1.54) is 18.2 Å². The second-order valence-electron chi connectivity index (χ2n) is 8.75. The molecule has 0 atom stereocenters. The van der Waals surface area contributed by atoms with Crippen molar-refractivity contribution >= 4 is 23.4 Å². The first-order chi connectivity index (χ1) is 16.8. The number of halogens is 3. The van der Waals surface area contributed by atoms with Gasteiger partial charge in [-0.1, -0.05) is 11.6 Å². The first-order valence-corrected chi connectivity index (χ1v) is 12.9. The zero-order chi connectivity index (χ0) is 24.7. The van der Waals surface area contributed by atoms with Crippen molar-refractivity contribution < 1.29 is 13.2 Å². The number of benzene rings is 2. The van der Waals surface area contributed by atoms with E-state index in [2.05, 4.69) is 0 Å². The van der Waals surface area contributed by atoms with Crippen molar-refractivity contribution in [1.82, 2.24) is 9.55 Å². The zero-order valence-electron chi connectivity index (χ0n) is 19.3. The molecule has 0 unspecified atom stereocenters. The second kappa shape index (κ2) is 9.63. The average Bonchev–Trinajstić information content (AvgIpc) is 3.25. The summed E-state index contributed by atoms with van der Waals surface area (Å²) in [5.41, 5.74) is 3.34. The molecule has 0 bridgehead atoms. The van der Waals surface area contributed by atoms with Gasteiger partial charge in [0.25, 0.3) is 5.56 Å². The molecule has 0 N–H and O–H groups in total. The summed E-state index contributed by atoms with van der Waals surface area (Å²) in [5.74, 6) is 1.50. The van der Waals surface area contributed by atoms with Crippen LogP contribution in [0.15, 0.2) is 57.9 Å². The van der Waals surface area contributed by atoms with Gasteiger partial charge in [-0.15, -0.1) is 0 Å². The smallest absolute Gasteiger partial charge is 0.255 e. The standard InChI is InChI=1S/C27H23ClF2N2O2S/c1-15-11-19(28)12-16(2)25(15)32-14-18(3-6-23(32)33)24-26(21-5-4-20(29)13-22(21)30)34-27(31-24)17-7-9-35-10-8-17/h3-6,11-14,17H,7-10H2,1-2H3. The van der Waals surface area contributed by atoms with Gasteiger partial charge in [0.05, 0.1) is 11.3 Å². The van der Waals surface area contributed by atoms with E-state index < -0.39 is 11.6 Å². The van der Waals surface area contributed by atoms with E-state index in [0.717, 1.165) is 47.2 Å². The monoisotopic (exact) mass is 512 g/mol. The Hall–Kier alpha value is -2.90. The highest BCUT2D eigenvalue weighted by Crippen LogP contribution is 2.39. The van der Waals surface area contributed by atoms with E-state index in [9.17, 15) is 13.6 Å². The number of aromatic nitrogens is 2. The Balaban J connectivity index is 1.70. The summed E-state index contributed by atoms with van der Waals surface area (Å²) in [5, 5.41) is 0.591. The lowest BCUT2D eigenvalue weighted by atomic mass is 10.0. The molecule has 180 valence electrons. The zero-order valence-corrected chi connectivity index (χ0v) is 20.9. The van der Waals surface area contributed by atoms with Crippen LogP contribution in [0.25, 0.3) is 28.3 Å². The van der Waals surface area contributed by atoms with Gasteiger partial charge in [-0.2, -0.15) is 11.8 Å². The van der Waals surface area contributed by atoms with Gasteiger partial charge < -0.3 is 4.42 Å². The SMILES string of the molecule is Cc1cc(Cl)cc(C)c1-n1cc(-c2nc(C3CCSCC3)oc2-c2ccc(F)cc2F)ccc1=O. The molecule has 5 rings (SSSR count). The maximum Gasteiger partial charge on any atom is 0.255 e. The number of oxazole rings is 1. The normalized spacial score (nSPS) is 14.4. The largest absolute Gasteiger partial charge is 0.440 e. The number of pyridine rings is 1. The summed E-state index contributed by atoms with van der Waals surface area (Å²) in [7, 11) is 0. The van der Waals surface area contributed by atoms with Crippen LogP contribution in [0.3, 0.4) is 0 Å². The Morgan fingerprint density at radius 2 is 1.77 bits per heavy atom. The molecule has 0 aliphatic carbocycles. The minimum absolute atomic E-state index is 0.124. The van der Waals surface area contributed by atoms with Gasteiger partial charge in [-0.3, -0.25) is 9.36 Å². The van der Waals surface area contributed by atoms with Gasteiger partial charge in [0.1, 0.15) is 17.3 Å². The summed E-state index contributed by atoms with van der Waals surface area (Å²) < 4.78 is 36.2. The van der Waals surface area contributed by atoms with Gasteiger partial charge in [0.15, 0.2) is 11.7 Å². The van der Waals surface area contributed by atoms with E-state index in [1.54, 1.807) is 29.0 Å². The van der Waals surface area contributed by atoms with Crippen LogP contribution in [-0.2, 0) is 0 Å². The highest BCUT2D eigenvalue weighted by Gasteiger charge is 2.26. The topological polar surface area (TPSA) is 48.0 Å². The molecule has 2 aromatic heterocycles. The third kappa shape index (κ3) is 4.67. The fourth-order valence-electron chi connectivity index (χ4n) is 4.59. The van der Waals surface area contributed by atoms with Crippen LogP contribution in [0.4, 0.5) is 8.78 Å². The van der Waals surface area contributed by atoms with Crippen molar-refractivity contribution in [3.05, 3.63) is 92.7 Å². The highest BCUT2D eigenvalue weighted by molar-refractivity contribution is 7.99. The van der Waals surface area contributed by atoms with Gasteiger partial charge >= 0.3 is 0 Å². The van der Waals surface area contributed by atoms with Crippen molar-refractivity contribution in [2.45, 2.75) is 32.6 Å². The first-order valence-electron chi connectivity index (χ1n) is 11.4. The number of aryl methyl sites for hydroxylation is 2. The minimum Gasteiger partial charge on any atom is -0.440 e. The molecule has 0 spiro atoms. The predicted molar refractivity (Wildman–Crippen MR) is 137 cm³/mol. The number of rotatable bonds is 4. The maximum absolute atomic E-state index is 14.8. The van der Waals surface area contributed by atoms with Crippen LogP contribution in [0.2, 0.25) is 5.02 Å². The molecule has 0 saturated carbocycles. The molecule has 35 heavy (non-hydrogen) atoms. The van der Waals surface area contributed by atoms with Crippen LogP contribution in [0, 0.1) is 25.5 Å². The Bertz CT molecular complexity index is 1450. The predicted octanol–water partition coefficient (Wildman–Crippen LogP) is 7.32. The molecule has 2 aromatic carbocycles. The molecular weight excluding hydrogens is 490 g/mol. The Morgan fingerprint density at radius 3 is 2.46 bits per heavy atom. The molecule has 4 nitrogen and oxygen atoms in total. The molecule has 8 heteroatoms. The van der Waals surface area contributed by atoms with E-state index in [0.29, 0.717) is 22.2 Å². The van der Waals surface area contributed by atoms with Gasteiger partial charge in [-0.25, -0.2) is 13.8 Å². The molecule has 1 saturated heterocycles. The van der Waals surface area contributed by atoms with Gasteiger partial charge in [-0.05, 0) is 79.7 Å². The summed E-state index contributed by atoms with van der Waals surface area (Å²) in [6, 6.07) is 10.1. The van der Waals surface area contributed by atoms with Crippen LogP contribution in [0.1, 0.15) is 35.8 Å². The third-order valence-corrected chi connectivity index (χ3v) is 7.54. The minimum atomic E-state index is -0.731. The number of hydrogen-bond acceptors (Lipinski definition) is 4. The molecule has 1 aliphatic rings. The Labute approximate surface area is 211 Å². The van der Waals surface area contributed by atoms with Crippen LogP contribution < -0.4 is 5.56 Å². The molecular formula is C27H23ClF2N2O2S. The summed E-state index contributed by atoms with van der Waals surface area (Å²) >= 11 is 8.08. The van der Waals surface area contributed by atoms with Crippen molar-refractivity contribution in [1.29, 1.82) is 0 Å². The fourth-order valence-corrected chi connectivity index (χ4v) is 6.03. The highest BCUT2D eigenvalue weighted by atomic mass is 35.5. The number of nitrogens with zero attached hydrogens (tertiary/aromatic N) is 2. The quantitative estimate of drug-likeness (QED) is 0.287. The molecule has 4 aromatic rings. The summed E-state index contributed by atoms with van der Waals surface area (Å²) in [6.45, 7) is 3.78. The lowest BCUT2D eigenvalue weighted by Gasteiger charge is -2.17. The number of thioether (sulfide) groups is 1. The van der Waals surface area contributed by atoms with Crippen LogP contribution in [0.5, 0.6) is 0 Å². The summed E-state index contributed by atoms with van der Waals surface area (Å²) in [6.07, 6.45) is 3.52. The lowest BCUT2D eigenvalue weighted by molar-refractivity contribution is 0.436. The van der Waals surface area contributed by atoms with Gasteiger partial charge in [0, 0.05) is 34.8 Å². The number of hydrogen-bond donors (Lipinski definition) is 0. The molecule has 0 amide bonds. The van der Waals surface area contributed by atoms with Crippen molar-refractivity contribution in [2.75, 3.05) is 11.5 Å². The third-order valence-electron chi connectivity index (χ3n) is 6.27. The van der Waals surface area contributed by atoms with E-state index >= 15 is 0 Å². The Kier molecular flexibility index (Phi) is 6.55. The summed E-state index contributed by atoms with van der Waals surface area (Å²) in [4.78, 5) is 17.7. The fraction of sp³-hybridized carbons (Fsp3) is 0.259. The second-order valence-corrected chi connectivity index (χ2v) is 10.4. The van der Waals surface area contributed by atoms with Crippen LogP contribution in [-0.4, -0.2) is 21.1 Å². The van der Waals surface area contributed by atoms with E-state index in [1.807, 2.05) is 25.6 Å². The van der Waals surface area contributed by atoms with Crippen LogP contribution >= 0.6 is 23.4 Å². The first kappa shape index (κ1) is 23.8.